The van der Waals surface area contributed by atoms with Crippen LogP contribution in [-0.2, 0) is 6.42 Å². The van der Waals surface area contributed by atoms with E-state index in [1.165, 1.54) is 5.69 Å². The van der Waals surface area contributed by atoms with Gasteiger partial charge in [0.05, 0.1) is 0 Å². The van der Waals surface area contributed by atoms with E-state index in [9.17, 15) is 9.18 Å². The summed E-state index contributed by atoms with van der Waals surface area (Å²) in [7, 11) is 2.15. The molecule has 154 valence electrons. The van der Waals surface area contributed by atoms with Crippen LogP contribution in [0.25, 0.3) is 0 Å². The maximum absolute atomic E-state index is 13.5. The van der Waals surface area contributed by atoms with Crippen molar-refractivity contribution in [3.8, 4) is 0 Å². The largest absolute Gasteiger partial charge is 0.369 e. The molecule has 0 aliphatic carbocycles. The molecule has 0 aromatic heterocycles. The zero-order valence-electron chi connectivity index (χ0n) is 17.4. The van der Waals surface area contributed by atoms with Crippen molar-refractivity contribution in [3.05, 3.63) is 65.0 Å². The third-order valence-electron chi connectivity index (χ3n) is 6.30. The Bertz CT molecular complexity index is 859. The van der Waals surface area contributed by atoms with Gasteiger partial charge in [0.2, 0.25) is 0 Å². The normalized spacial score (nSPS) is 20.3. The summed E-state index contributed by atoms with van der Waals surface area (Å²) in [4.78, 5) is 19.6. The van der Waals surface area contributed by atoms with E-state index in [0.717, 1.165) is 63.2 Å². The second-order valence-electron chi connectivity index (χ2n) is 8.53. The summed E-state index contributed by atoms with van der Waals surface area (Å²) in [6.45, 7) is 7.57. The van der Waals surface area contributed by atoms with E-state index < -0.39 is 0 Å². The van der Waals surface area contributed by atoms with Crippen molar-refractivity contribution in [1.29, 1.82) is 0 Å². The van der Waals surface area contributed by atoms with E-state index in [1.54, 1.807) is 13.0 Å². The van der Waals surface area contributed by atoms with Crippen LogP contribution in [-0.4, -0.2) is 62.0 Å². The second kappa shape index (κ2) is 8.54. The Morgan fingerprint density at radius 3 is 2.45 bits per heavy atom. The predicted molar refractivity (Wildman–Crippen MR) is 115 cm³/mol. The number of likely N-dealkylation sites (tertiary alicyclic amines) is 1. The summed E-state index contributed by atoms with van der Waals surface area (Å²) < 4.78 is 13.5. The lowest BCUT2D eigenvalue weighted by Gasteiger charge is -2.34. The Balaban J connectivity index is 1.34. The van der Waals surface area contributed by atoms with Gasteiger partial charge in [-0.15, -0.1) is 0 Å². The van der Waals surface area contributed by atoms with Gasteiger partial charge in [-0.25, -0.2) is 4.39 Å². The number of aryl methyl sites for hydroxylation is 1. The Hall–Kier alpha value is -2.40. The summed E-state index contributed by atoms with van der Waals surface area (Å²) in [5.74, 6) is 0.401. The van der Waals surface area contributed by atoms with E-state index in [1.807, 2.05) is 29.2 Å². The van der Waals surface area contributed by atoms with E-state index in [0.29, 0.717) is 11.5 Å². The number of hydrogen-bond donors (Lipinski definition) is 0. The third-order valence-corrected chi connectivity index (χ3v) is 6.30. The van der Waals surface area contributed by atoms with Gasteiger partial charge < -0.3 is 14.7 Å². The van der Waals surface area contributed by atoms with Gasteiger partial charge >= 0.3 is 0 Å². The minimum Gasteiger partial charge on any atom is -0.369 e. The Morgan fingerprint density at radius 1 is 1.03 bits per heavy atom. The first-order valence-corrected chi connectivity index (χ1v) is 10.6. The minimum atomic E-state index is -0.156. The van der Waals surface area contributed by atoms with Gasteiger partial charge in [-0.1, -0.05) is 12.1 Å². The Morgan fingerprint density at radius 2 is 1.76 bits per heavy atom. The van der Waals surface area contributed by atoms with Gasteiger partial charge in [0.25, 0.3) is 5.91 Å². The van der Waals surface area contributed by atoms with E-state index in [-0.39, 0.29) is 11.7 Å². The lowest BCUT2D eigenvalue weighted by molar-refractivity contribution is 0.0787. The van der Waals surface area contributed by atoms with E-state index >= 15 is 0 Å². The zero-order chi connectivity index (χ0) is 20.4. The third kappa shape index (κ3) is 4.61. The summed E-state index contributed by atoms with van der Waals surface area (Å²) in [5.41, 5.74) is 3.80. The molecule has 2 heterocycles. The standard InChI is InChI=1S/C24H30FN3O/c1-18-15-19(3-8-23(18)25)16-20-9-10-28(17-20)24(29)21-4-6-22(7-5-21)27-13-11-26(2)12-14-27/h3-8,15,20H,9-14,16-17H2,1-2H3. The van der Waals surface area contributed by atoms with Gasteiger partial charge in [-0.05, 0) is 74.2 Å². The molecule has 2 fully saturated rings. The highest BCUT2D eigenvalue weighted by Crippen LogP contribution is 2.24. The maximum atomic E-state index is 13.5. The fourth-order valence-electron chi connectivity index (χ4n) is 4.41. The van der Waals surface area contributed by atoms with Crippen LogP contribution in [0.5, 0.6) is 0 Å². The second-order valence-corrected chi connectivity index (χ2v) is 8.53. The van der Waals surface area contributed by atoms with Gasteiger partial charge in [-0.2, -0.15) is 0 Å². The quantitative estimate of drug-likeness (QED) is 0.792. The number of hydrogen-bond acceptors (Lipinski definition) is 3. The first-order valence-electron chi connectivity index (χ1n) is 10.6. The molecule has 1 atom stereocenters. The molecule has 2 aliphatic rings. The van der Waals surface area contributed by atoms with Crippen molar-refractivity contribution in [2.45, 2.75) is 19.8 Å². The molecule has 2 saturated heterocycles. The number of carbonyl (C=O) groups is 1. The summed E-state index contributed by atoms with van der Waals surface area (Å²) >= 11 is 0. The molecule has 0 radical (unpaired) electrons. The Kier molecular flexibility index (Phi) is 5.86. The van der Waals surface area contributed by atoms with Crippen LogP contribution in [0.15, 0.2) is 42.5 Å². The zero-order valence-corrected chi connectivity index (χ0v) is 17.4. The fourth-order valence-corrected chi connectivity index (χ4v) is 4.41. The van der Waals surface area contributed by atoms with Crippen molar-refractivity contribution in [1.82, 2.24) is 9.80 Å². The number of benzene rings is 2. The average Bonchev–Trinajstić information content (AvgIpc) is 3.19. The molecule has 0 saturated carbocycles. The molecular weight excluding hydrogens is 365 g/mol. The van der Waals surface area contributed by atoms with Crippen LogP contribution >= 0.6 is 0 Å². The molecule has 1 unspecified atom stereocenters. The average molecular weight is 396 g/mol. The van der Waals surface area contributed by atoms with Gasteiger partial charge in [0.15, 0.2) is 0 Å². The van der Waals surface area contributed by atoms with Crippen LogP contribution in [0.3, 0.4) is 0 Å². The van der Waals surface area contributed by atoms with Gasteiger partial charge in [-0.3, -0.25) is 4.79 Å². The molecule has 0 bridgehead atoms. The number of anilines is 1. The summed E-state index contributed by atoms with van der Waals surface area (Å²) in [5, 5.41) is 0. The number of piperazine rings is 1. The lowest BCUT2D eigenvalue weighted by Crippen LogP contribution is -2.44. The summed E-state index contributed by atoms with van der Waals surface area (Å²) in [6.07, 6.45) is 1.90. The highest BCUT2D eigenvalue weighted by molar-refractivity contribution is 5.94. The maximum Gasteiger partial charge on any atom is 0.253 e. The molecule has 2 aromatic rings. The van der Waals surface area contributed by atoms with Crippen LogP contribution in [0.4, 0.5) is 10.1 Å². The first-order chi connectivity index (χ1) is 14.0. The fraction of sp³-hybridized carbons (Fsp3) is 0.458. The molecule has 1 amide bonds. The molecule has 0 N–H and O–H groups in total. The number of rotatable bonds is 4. The smallest absolute Gasteiger partial charge is 0.253 e. The molecule has 2 aliphatic heterocycles. The monoisotopic (exact) mass is 395 g/mol. The van der Waals surface area contributed by atoms with E-state index in [2.05, 4.69) is 29.0 Å². The number of halogens is 1. The van der Waals surface area contributed by atoms with Crippen molar-refractivity contribution in [3.63, 3.8) is 0 Å². The molecule has 4 nitrogen and oxygen atoms in total. The van der Waals surface area contributed by atoms with Crippen molar-refractivity contribution >= 4 is 11.6 Å². The predicted octanol–water partition coefficient (Wildman–Crippen LogP) is 3.59. The molecule has 29 heavy (non-hydrogen) atoms. The summed E-state index contributed by atoms with van der Waals surface area (Å²) in [6, 6.07) is 13.4. The van der Waals surface area contributed by atoms with Crippen LogP contribution in [0, 0.1) is 18.7 Å². The highest BCUT2D eigenvalue weighted by atomic mass is 19.1. The van der Waals surface area contributed by atoms with Crippen molar-refractivity contribution in [2.24, 2.45) is 5.92 Å². The minimum absolute atomic E-state index is 0.118. The molecule has 2 aromatic carbocycles. The molecular formula is C24H30FN3O. The molecule has 0 spiro atoms. The molecule has 4 rings (SSSR count). The topological polar surface area (TPSA) is 26.8 Å². The SMILES string of the molecule is Cc1cc(CC2CCN(C(=O)c3ccc(N4CCN(C)CC4)cc3)C2)ccc1F. The van der Waals surface area contributed by atoms with Crippen LogP contribution < -0.4 is 4.90 Å². The lowest BCUT2D eigenvalue weighted by atomic mass is 9.97. The van der Waals surface area contributed by atoms with Gasteiger partial charge in [0, 0.05) is 50.5 Å². The first kappa shape index (κ1) is 19.9. The van der Waals surface area contributed by atoms with E-state index in [4.69, 9.17) is 0 Å². The molecule has 5 heteroatoms. The number of likely N-dealkylation sites (N-methyl/N-ethyl adjacent to an activating group) is 1. The highest BCUT2D eigenvalue weighted by Gasteiger charge is 2.27. The van der Waals surface area contributed by atoms with Crippen LogP contribution in [0.1, 0.15) is 27.9 Å². The van der Waals surface area contributed by atoms with Gasteiger partial charge in [0.1, 0.15) is 5.82 Å². The number of nitrogens with zero attached hydrogens (tertiary/aromatic N) is 3. The van der Waals surface area contributed by atoms with Crippen molar-refractivity contribution in [2.75, 3.05) is 51.2 Å². The van der Waals surface area contributed by atoms with Crippen LogP contribution in [0.2, 0.25) is 0 Å². The Labute approximate surface area is 172 Å². The number of amides is 1. The van der Waals surface area contributed by atoms with Crippen molar-refractivity contribution < 1.29 is 9.18 Å². The number of carbonyl (C=O) groups excluding carboxylic acids is 1.